The molecule has 2 heteroatoms. The molecule has 0 aromatic rings. The van der Waals surface area contributed by atoms with Crippen LogP contribution in [-0.2, 0) is 0 Å². The monoisotopic (exact) mass is 240 g/mol. The summed E-state index contributed by atoms with van der Waals surface area (Å²) < 4.78 is 0. The van der Waals surface area contributed by atoms with Crippen LogP contribution in [0.2, 0.25) is 0 Å². The van der Waals surface area contributed by atoms with E-state index in [1.165, 1.54) is 51.6 Å². The summed E-state index contributed by atoms with van der Waals surface area (Å²) >= 11 is 0. The lowest BCUT2D eigenvalue weighted by molar-refractivity contribution is 0.0926. The van der Waals surface area contributed by atoms with Crippen molar-refractivity contribution in [3.05, 3.63) is 0 Å². The van der Waals surface area contributed by atoms with Gasteiger partial charge in [-0.2, -0.15) is 0 Å². The molecule has 1 aliphatic heterocycles. The van der Waals surface area contributed by atoms with Crippen molar-refractivity contribution in [1.82, 2.24) is 4.90 Å². The topological polar surface area (TPSA) is 29.3 Å². The Hall–Kier alpha value is -0.0800. The summed E-state index contributed by atoms with van der Waals surface area (Å²) in [6.45, 7) is 10.3. The van der Waals surface area contributed by atoms with Crippen LogP contribution in [0.25, 0.3) is 0 Å². The van der Waals surface area contributed by atoms with Crippen LogP contribution in [0, 0.1) is 11.8 Å². The van der Waals surface area contributed by atoms with E-state index in [2.05, 4.69) is 25.7 Å². The molecular formula is C15H32N2. The first-order valence-electron chi connectivity index (χ1n) is 7.70. The van der Waals surface area contributed by atoms with Gasteiger partial charge in [-0.25, -0.2) is 0 Å². The Labute approximate surface area is 108 Å². The Kier molecular flexibility index (Phi) is 7.14. The Morgan fingerprint density at radius 3 is 2.12 bits per heavy atom. The molecule has 102 valence electrons. The number of nitrogens with zero attached hydrogens (tertiary/aromatic N) is 1. The highest BCUT2D eigenvalue weighted by Crippen LogP contribution is 2.26. The standard InChI is InChI=1S/C15H32N2/c1-4-7-13-8-10-17(11-9-13)15(12-16)14(5-2)6-3/h13-15H,4-12,16H2,1-3H3. The molecule has 17 heavy (non-hydrogen) atoms. The van der Waals surface area contributed by atoms with Crippen LogP contribution >= 0.6 is 0 Å². The molecule has 0 radical (unpaired) electrons. The summed E-state index contributed by atoms with van der Waals surface area (Å²) in [6.07, 6.45) is 8.10. The number of rotatable bonds is 7. The fourth-order valence-electron chi connectivity index (χ4n) is 3.45. The second-order valence-electron chi connectivity index (χ2n) is 5.65. The van der Waals surface area contributed by atoms with Gasteiger partial charge >= 0.3 is 0 Å². The first-order valence-corrected chi connectivity index (χ1v) is 7.70. The van der Waals surface area contributed by atoms with Crippen LogP contribution < -0.4 is 5.73 Å². The zero-order chi connectivity index (χ0) is 12.7. The highest BCUT2D eigenvalue weighted by molar-refractivity contribution is 4.83. The summed E-state index contributed by atoms with van der Waals surface area (Å²) in [5.41, 5.74) is 6.01. The van der Waals surface area contributed by atoms with Crippen molar-refractivity contribution in [3.8, 4) is 0 Å². The van der Waals surface area contributed by atoms with Crippen molar-refractivity contribution < 1.29 is 0 Å². The second kappa shape index (κ2) is 8.10. The maximum Gasteiger partial charge on any atom is 0.0246 e. The lowest BCUT2D eigenvalue weighted by atomic mass is 9.88. The van der Waals surface area contributed by atoms with E-state index in [0.717, 1.165) is 18.4 Å². The highest BCUT2D eigenvalue weighted by Gasteiger charge is 2.27. The van der Waals surface area contributed by atoms with Gasteiger partial charge in [0.05, 0.1) is 0 Å². The van der Waals surface area contributed by atoms with E-state index in [9.17, 15) is 0 Å². The van der Waals surface area contributed by atoms with E-state index in [4.69, 9.17) is 5.73 Å². The molecule has 0 aromatic carbocycles. The van der Waals surface area contributed by atoms with Crippen LogP contribution in [0.1, 0.15) is 59.3 Å². The van der Waals surface area contributed by atoms with Gasteiger partial charge < -0.3 is 5.73 Å². The van der Waals surface area contributed by atoms with Gasteiger partial charge in [0.15, 0.2) is 0 Å². The van der Waals surface area contributed by atoms with Gasteiger partial charge in [0.2, 0.25) is 0 Å². The van der Waals surface area contributed by atoms with Gasteiger partial charge in [0.25, 0.3) is 0 Å². The van der Waals surface area contributed by atoms with Gasteiger partial charge in [0, 0.05) is 12.6 Å². The average molecular weight is 240 g/mol. The number of hydrogen-bond donors (Lipinski definition) is 1. The number of nitrogens with two attached hydrogens (primary N) is 1. The zero-order valence-corrected chi connectivity index (χ0v) is 12.1. The normalized spacial score (nSPS) is 21.0. The number of likely N-dealkylation sites (tertiary alicyclic amines) is 1. The predicted octanol–water partition coefficient (Wildman–Crippen LogP) is 3.26. The van der Waals surface area contributed by atoms with Crippen molar-refractivity contribution in [2.75, 3.05) is 19.6 Å². The van der Waals surface area contributed by atoms with E-state index in [-0.39, 0.29) is 0 Å². The third-order valence-corrected chi connectivity index (χ3v) is 4.65. The quantitative estimate of drug-likeness (QED) is 0.740. The van der Waals surface area contributed by atoms with Crippen molar-refractivity contribution in [2.45, 2.75) is 65.3 Å². The lowest BCUT2D eigenvalue weighted by Crippen LogP contribution is -2.48. The van der Waals surface area contributed by atoms with Crippen LogP contribution in [0.4, 0.5) is 0 Å². The van der Waals surface area contributed by atoms with Gasteiger partial charge in [0.1, 0.15) is 0 Å². The molecule has 1 aliphatic rings. The second-order valence-corrected chi connectivity index (χ2v) is 5.65. The molecule has 2 N–H and O–H groups in total. The summed E-state index contributed by atoms with van der Waals surface area (Å²) in [6, 6.07) is 0.632. The molecule has 1 fully saturated rings. The van der Waals surface area contributed by atoms with E-state index in [1.807, 2.05) is 0 Å². The zero-order valence-electron chi connectivity index (χ0n) is 12.1. The summed E-state index contributed by atoms with van der Waals surface area (Å²) in [4.78, 5) is 2.67. The molecule has 1 atom stereocenters. The van der Waals surface area contributed by atoms with Gasteiger partial charge in [-0.3, -0.25) is 4.90 Å². The Morgan fingerprint density at radius 1 is 1.12 bits per heavy atom. The van der Waals surface area contributed by atoms with Crippen molar-refractivity contribution in [1.29, 1.82) is 0 Å². The minimum absolute atomic E-state index is 0.632. The van der Waals surface area contributed by atoms with Gasteiger partial charge in [-0.1, -0.05) is 46.5 Å². The van der Waals surface area contributed by atoms with Gasteiger partial charge in [-0.05, 0) is 37.8 Å². The van der Waals surface area contributed by atoms with E-state index in [1.54, 1.807) is 0 Å². The SMILES string of the molecule is CCCC1CCN(C(CN)C(CC)CC)CC1. The Balaban J connectivity index is 2.44. The molecule has 0 bridgehead atoms. The molecule has 1 saturated heterocycles. The maximum absolute atomic E-state index is 6.01. The highest BCUT2D eigenvalue weighted by atomic mass is 15.2. The first-order chi connectivity index (χ1) is 8.26. The minimum atomic E-state index is 0.632. The summed E-state index contributed by atoms with van der Waals surface area (Å²) in [7, 11) is 0. The van der Waals surface area contributed by atoms with Crippen LogP contribution in [0.3, 0.4) is 0 Å². The molecule has 1 rings (SSSR count). The predicted molar refractivity (Wildman–Crippen MR) is 76.1 cm³/mol. The molecule has 1 heterocycles. The van der Waals surface area contributed by atoms with Crippen LogP contribution in [-0.4, -0.2) is 30.6 Å². The number of hydrogen-bond acceptors (Lipinski definition) is 2. The summed E-state index contributed by atoms with van der Waals surface area (Å²) in [5, 5.41) is 0. The van der Waals surface area contributed by atoms with Crippen molar-refractivity contribution in [2.24, 2.45) is 17.6 Å². The van der Waals surface area contributed by atoms with Gasteiger partial charge in [-0.15, -0.1) is 0 Å². The van der Waals surface area contributed by atoms with Crippen molar-refractivity contribution in [3.63, 3.8) is 0 Å². The Morgan fingerprint density at radius 2 is 1.71 bits per heavy atom. The average Bonchev–Trinajstić information content (AvgIpc) is 2.37. The van der Waals surface area contributed by atoms with E-state index >= 15 is 0 Å². The Bertz CT molecular complexity index is 181. The minimum Gasteiger partial charge on any atom is -0.329 e. The maximum atomic E-state index is 6.01. The molecule has 1 unspecified atom stereocenters. The molecule has 0 aromatic heterocycles. The largest absolute Gasteiger partial charge is 0.329 e. The first kappa shape index (κ1) is 15.0. The van der Waals surface area contributed by atoms with E-state index in [0.29, 0.717) is 6.04 Å². The molecular weight excluding hydrogens is 208 g/mol. The van der Waals surface area contributed by atoms with Crippen LogP contribution in [0.5, 0.6) is 0 Å². The van der Waals surface area contributed by atoms with Crippen LogP contribution in [0.15, 0.2) is 0 Å². The molecule has 0 aliphatic carbocycles. The molecule has 0 spiro atoms. The fraction of sp³-hybridized carbons (Fsp3) is 1.00. The molecule has 0 saturated carbocycles. The summed E-state index contributed by atoms with van der Waals surface area (Å²) in [5.74, 6) is 1.78. The third-order valence-electron chi connectivity index (χ3n) is 4.65. The van der Waals surface area contributed by atoms with E-state index < -0.39 is 0 Å². The third kappa shape index (κ3) is 4.26. The van der Waals surface area contributed by atoms with Crippen molar-refractivity contribution >= 4 is 0 Å². The number of piperidine rings is 1. The molecule has 2 nitrogen and oxygen atoms in total. The fourth-order valence-corrected chi connectivity index (χ4v) is 3.45. The molecule has 0 amide bonds. The smallest absolute Gasteiger partial charge is 0.0246 e. The lowest BCUT2D eigenvalue weighted by Gasteiger charge is -2.40.